The molecule has 1 aromatic heterocycles. The predicted octanol–water partition coefficient (Wildman–Crippen LogP) is 1.76. The minimum absolute atomic E-state index is 0.236. The summed E-state index contributed by atoms with van der Waals surface area (Å²) in [5.74, 6) is 1.49. The summed E-state index contributed by atoms with van der Waals surface area (Å²) in [4.78, 5) is 10.7. The summed E-state index contributed by atoms with van der Waals surface area (Å²) < 4.78 is 5.35. The second-order valence-corrected chi connectivity index (χ2v) is 4.70. The van der Waals surface area contributed by atoms with Crippen molar-refractivity contribution in [1.29, 1.82) is 0 Å². The zero-order chi connectivity index (χ0) is 14.5. The van der Waals surface area contributed by atoms with E-state index in [9.17, 15) is 0 Å². The Bertz CT molecular complexity index is 618. The van der Waals surface area contributed by atoms with Crippen LogP contribution in [0.1, 0.15) is 11.3 Å². The van der Waals surface area contributed by atoms with E-state index < -0.39 is 0 Å². The third-order valence-corrected chi connectivity index (χ3v) is 3.07. The van der Waals surface area contributed by atoms with Gasteiger partial charge < -0.3 is 15.4 Å². The number of hydrogen-bond donors (Lipinski definition) is 1. The molecule has 0 bridgehead atoms. The van der Waals surface area contributed by atoms with Gasteiger partial charge in [-0.15, -0.1) is 0 Å². The normalized spacial score (nSPS) is 10.1. The van der Waals surface area contributed by atoms with Gasteiger partial charge in [-0.3, -0.25) is 0 Å². The van der Waals surface area contributed by atoms with Crippen LogP contribution in [0, 0.1) is 0 Å². The van der Waals surface area contributed by atoms with Crippen molar-refractivity contribution in [2.45, 2.75) is 6.54 Å². The highest BCUT2D eigenvalue weighted by Crippen LogP contribution is 2.22. The molecule has 0 atom stereocenters. The molecule has 0 spiro atoms. The van der Waals surface area contributed by atoms with Gasteiger partial charge in [-0.25, -0.2) is 9.97 Å². The smallest absolute Gasteiger partial charge is 0.157 e. The number of benzene rings is 1. The van der Waals surface area contributed by atoms with Gasteiger partial charge in [-0.05, 0) is 6.07 Å². The Morgan fingerprint density at radius 3 is 2.70 bits per heavy atom. The molecule has 2 rings (SSSR count). The van der Waals surface area contributed by atoms with E-state index in [0.717, 1.165) is 11.3 Å². The lowest BCUT2D eigenvalue weighted by Crippen LogP contribution is -2.24. The summed E-state index contributed by atoms with van der Waals surface area (Å²) in [5.41, 5.74) is 7.26. The Morgan fingerprint density at radius 2 is 2.00 bits per heavy atom. The number of anilines is 1. The quantitative estimate of drug-likeness (QED) is 0.846. The maximum atomic E-state index is 5.68. The molecule has 1 aromatic carbocycles. The van der Waals surface area contributed by atoms with Gasteiger partial charge in [0.15, 0.2) is 5.82 Å². The van der Waals surface area contributed by atoms with E-state index in [1.807, 2.05) is 36.2 Å². The van der Waals surface area contributed by atoms with E-state index in [0.29, 0.717) is 18.1 Å². The summed E-state index contributed by atoms with van der Waals surface area (Å²) in [6.45, 7) is 0.623. The van der Waals surface area contributed by atoms with Crippen LogP contribution in [0.3, 0.4) is 0 Å². The molecule has 0 aliphatic carbocycles. The molecule has 5 nitrogen and oxygen atoms in total. The number of rotatable bonds is 5. The average molecular weight is 288 g/mol. The standard InChI is InChI=1S/C14H16N4OS/c1-18(9-10-5-3-4-6-11(10)19-2)14-12(13(15)20)16-7-8-17-14/h3-8H,9H2,1-2H3,(H2,15,20). The van der Waals surface area contributed by atoms with Crippen molar-refractivity contribution in [2.75, 3.05) is 19.1 Å². The second-order valence-electron chi connectivity index (χ2n) is 4.26. The maximum Gasteiger partial charge on any atom is 0.157 e. The zero-order valence-corrected chi connectivity index (χ0v) is 12.2. The van der Waals surface area contributed by atoms with E-state index in [4.69, 9.17) is 22.7 Å². The number of aromatic nitrogens is 2. The van der Waals surface area contributed by atoms with Gasteiger partial charge in [0.1, 0.15) is 16.4 Å². The van der Waals surface area contributed by atoms with Crippen LogP contribution in [0.4, 0.5) is 5.82 Å². The van der Waals surface area contributed by atoms with Crippen molar-refractivity contribution in [2.24, 2.45) is 5.73 Å². The first-order chi connectivity index (χ1) is 9.63. The van der Waals surface area contributed by atoms with Crippen LogP contribution >= 0.6 is 12.2 Å². The van der Waals surface area contributed by atoms with Crippen molar-refractivity contribution in [3.63, 3.8) is 0 Å². The number of nitrogens with zero attached hydrogens (tertiary/aromatic N) is 3. The number of nitrogens with two attached hydrogens (primary N) is 1. The van der Waals surface area contributed by atoms with Gasteiger partial charge in [0.05, 0.1) is 7.11 Å². The minimum atomic E-state index is 0.236. The third kappa shape index (κ3) is 3.03. The summed E-state index contributed by atoms with van der Waals surface area (Å²) in [7, 11) is 3.57. The van der Waals surface area contributed by atoms with E-state index in [1.165, 1.54) is 0 Å². The van der Waals surface area contributed by atoms with E-state index in [1.54, 1.807) is 19.5 Å². The monoisotopic (exact) mass is 288 g/mol. The Labute approximate surface area is 123 Å². The largest absolute Gasteiger partial charge is 0.496 e. The van der Waals surface area contributed by atoms with Crippen LogP contribution in [0.5, 0.6) is 5.75 Å². The van der Waals surface area contributed by atoms with E-state index in [-0.39, 0.29) is 4.99 Å². The molecule has 0 fully saturated rings. The molecule has 104 valence electrons. The Hall–Kier alpha value is -2.21. The van der Waals surface area contributed by atoms with Crippen LogP contribution in [-0.4, -0.2) is 29.1 Å². The van der Waals surface area contributed by atoms with Gasteiger partial charge in [0.2, 0.25) is 0 Å². The number of para-hydroxylation sites is 1. The van der Waals surface area contributed by atoms with Crippen molar-refractivity contribution in [3.05, 3.63) is 47.9 Å². The molecule has 20 heavy (non-hydrogen) atoms. The highest BCUT2D eigenvalue weighted by molar-refractivity contribution is 7.80. The van der Waals surface area contributed by atoms with Crippen LogP contribution < -0.4 is 15.4 Å². The lowest BCUT2D eigenvalue weighted by atomic mass is 10.2. The number of methoxy groups -OCH3 is 1. The molecule has 0 radical (unpaired) electrons. The Kier molecular flexibility index (Phi) is 4.47. The fourth-order valence-electron chi connectivity index (χ4n) is 1.95. The lowest BCUT2D eigenvalue weighted by Gasteiger charge is -2.21. The highest BCUT2D eigenvalue weighted by Gasteiger charge is 2.14. The molecule has 0 aliphatic heterocycles. The Morgan fingerprint density at radius 1 is 1.30 bits per heavy atom. The minimum Gasteiger partial charge on any atom is -0.496 e. The molecule has 0 saturated heterocycles. The van der Waals surface area contributed by atoms with E-state index >= 15 is 0 Å². The van der Waals surface area contributed by atoms with Gasteiger partial charge in [0.25, 0.3) is 0 Å². The van der Waals surface area contributed by atoms with Crippen molar-refractivity contribution in [1.82, 2.24) is 9.97 Å². The molecular weight excluding hydrogens is 272 g/mol. The fraction of sp³-hybridized carbons (Fsp3) is 0.214. The Balaban J connectivity index is 2.29. The summed E-state index contributed by atoms with van der Waals surface area (Å²) in [6.07, 6.45) is 3.20. The van der Waals surface area contributed by atoms with Crippen LogP contribution in [0.2, 0.25) is 0 Å². The van der Waals surface area contributed by atoms with Gasteiger partial charge in [-0.1, -0.05) is 30.4 Å². The van der Waals surface area contributed by atoms with Crippen LogP contribution in [0.25, 0.3) is 0 Å². The number of ether oxygens (including phenoxy) is 1. The summed E-state index contributed by atoms with van der Waals surface area (Å²) >= 11 is 5.01. The van der Waals surface area contributed by atoms with Crippen molar-refractivity contribution >= 4 is 23.0 Å². The first-order valence-corrected chi connectivity index (χ1v) is 6.48. The first kappa shape index (κ1) is 14.2. The summed E-state index contributed by atoms with van der Waals surface area (Å²) in [5, 5.41) is 0. The molecule has 0 amide bonds. The number of hydrogen-bond acceptors (Lipinski definition) is 5. The summed E-state index contributed by atoms with van der Waals surface area (Å²) in [6, 6.07) is 7.84. The maximum absolute atomic E-state index is 5.68. The van der Waals surface area contributed by atoms with Gasteiger partial charge in [-0.2, -0.15) is 0 Å². The fourth-order valence-corrected chi connectivity index (χ4v) is 2.09. The van der Waals surface area contributed by atoms with Crippen molar-refractivity contribution < 1.29 is 4.74 Å². The molecule has 1 heterocycles. The molecule has 2 N–H and O–H groups in total. The molecule has 0 unspecified atom stereocenters. The first-order valence-electron chi connectivity index (χ1n) is 6.07. The van der Waals surface area contributed by atoms with Crippen LogP contribution in [0.15, 0.2) is 36.7 Å². The van der Waals surface area contributed by atoms with Crippen LogP contribution in [-0.2, 0) is 6.54 Å². The number of thiocarbonyl (C=S) groups is 1. The van der Waals surface area contributed by atoms with E-state index in [2.05, 4.69) is 9.97 Å². The van der Waals surface area contributed by atoms with Gasteiger partial charge in [0, 0.05) is 31.5 Å². The van der Waals surface area contributed by atoms with Crippen molar-refractivity contribution in [3.8, 4) is 5.75 Å². The molecule has 0 saturated carbocycles. The highest BCUT2D eigenvalue weighted by atomic mass is 32.1. The lowest BCUT2D eigenvalue weighted by molar-refractivity contribution is 0.409. The molecule has 2 aromatic rings. The van der Waals surface area contributed by atoms with Gasteiger partial charge >= 0.3 is 0 Å². The SMILES string of the molecule is COc1ccccc1CN(C)c1nccnc1C(N)=S. The topological polar surface area (TPSA) is 64.3 Å². The third-order valence-electron chi connectivity index (χ3n) is 2.87. The predicted molar refractivity (Wildman–Crippen MR) is 83.0 cm³/mol. The average Bonchev–Trinajstić information content (AvgIpc) is 2.47. The molecule has 6 heteroatoms. The molecule has 0 aliphatic rings. The zero-order valence-electron chi connectivity index (χ0n) is 11.4. The molecular formula is C14H16N4OS. The second kappa shape index (κ2) is 6.29.